The zero-order valence-corrected chi connectivity index (χ0v) is 12.1. The van der Waals surface area contributed by atoms with E-state index < -0.39 is 5.97 Å². The Morgan fingerprint density at radius 1 is 1.10 bits per heavy atom. The maximum atomic E-state index is 11.3. The van der Waals surface area contributed by atoms with E-state index in [1.54, 1.807) is 12.1 Å². The van der Waals surface area contributed by atoms with E-state index in [4.69, 9.17) is 0 Å². The van der Waals surface area contributed by atoms with Crippen LogP contribution in [0.3, 0.4) is 0 Å². The van der Waals surface area contributed by atoms with Crippen LogP contribution in [0.15, 0.2) is 48.5 Å². The van der Waals surface area contributed by atoms with Gasteiger partial charge < -0.3 is 9.67 Å². The summed E-state index contributed by atoms with van der Waals surface area (Å²) in [6, 6.07) is 15.5. The van der Waals surface area contributed by atoms with Crippen molar-refractivity contribution >= 4 is 16.9 Å². The van der Waals surface area contributed by atoms with Gasteiger partial charge in [0.05, 0.1) is 5.56 Å². The number of nitrogens with zero attached hydrogens (tertiary/aromatic N) is 1. The first-order valence-corrected chi connectivity index (χ1v) is 6.93. The Morgan fingerprint density at radius 2 is 1.76 bits per heavy atom. The fourth-order valence-corrected chi connectivity index (χ4v) is 2.95. The third kappa shape index (κ3) is 2.21. The number of benzene rings is 2. The van der Waals surface area contributed by atoms with Crippen LogP contribution in [0.1, 0.15) is 27.2 Å². The molecule has 0 saturated heterocycles. The summed E-state index contributed by atoms with van der Waals surface area (Å²) >= 11 is 0. The summed E-state index contributed by atoms with van der Waals surface area (Å²) in [6.45, 7) is 2.10. The van der Waals surface area contributed by atoms with Crippen LogP contribution in [0.4, 0.5) is 0 Å². The number of fused-ring (bicyclic) bond motifs is 1. The van der Waals surface area contributed by atoms with Crippen LogP contribution < -0.4 is 0 Å². The highest BCUT2D eigenvalue weighted by Crippen LogP contribution is 2.27. The molecule has 3 aromatic rings. The molecule has 0 spiro atoms. The average Bonchev–Trinajstić information content (AvgIpc) is 2.73. The molecule has 0 aliphatic rings. The molecule has 3 nitrogen and oxygen atoms in total. The zero-order chi connectivity index (χ0) is 15.0. The lowest BCUT2D eigenvalue weighted by Crippen LogP contribution is -2.05. The van der Waals surface area contributed by atoms with Gasteiger partial charge >= 0.3 is 5.97 Å². The Bertz CT molecular complexity index is 791. The van der Waals surface area contributed by atoms with Crippen LogP contribution in [0.5, 0.6) is 0 Å². The SMILES string of the molecule is Cc1c(Cc2ccccc2C(=O)O)n(C)c2ccccc12. The molecule has 0 aliphatic carbocycles. The third-order valence-corrected chi connectivity index (χ3v) is 4.11. The van der Waals surface area contributed by atoms with E-state index in [1.807, 2.05) is 31.3 Å². The van der Waals surface area contributed by atoms with Gasteiger partial charge in [0.1, 0.15) is 0 Å². The molecule has 0 atom stereocenters. The molecule has 3 rings (SSSR count). The highest BCUT2D eigenvalue weighted by Gasteiger charge is 2.15. The summed E-state index contributed by atoms with van der Waals surface area (Å²) in [5.41, 5.74) is 4.78. The molecule has 0 amide bonds. The lowest BCUT2D eigenvalue weighted by molar-refractivity contribution is 0.0696. The smallest absolute Gasteiger partial charge is 0.335 e. The van der Waals surface area contributed by atoms with Gasteiger partial charge in [-0.1, -0.05) is 36.4 Å². The van der Waals surface area contributed by atoms with Crippen LogP contribution in [-0.4, -0.2) is 15.6 Å². The Hall–Kier alpha value is -2.55. The number of hydrogen-bond donors (Lipinski definition) is 1. The molecule has 0 unspecified atom stereocenters. The molecule has 0 aliphatic heterocycles. The largest absolute Gasteiger partial charge is 0.478 e. The fourth-order valence-electron chi connectivity index (χ4n) is 2.95. The quantitative estimate of drug-likeness (QED) is 0.793. The van der Waals surface area contributed by atoms with Gasteiger partial charge in [0.25, 0.3) is 0 Å². The number of rotatable bonds is 3. The van der Waals surface area contributed by atoms with Gasteiger partial charge in [-0.05, 0) is 30.2 Å². The summed E-state index contributed by atoms with van der Waals surface area (Å²) in [5.74, 6) is -0.873. The van der Waals surface area contributed by atoms with Crippen molar-refractivity contribution in [2.24, 2.45) is 7.05 Å². The Kier molecular flexibility index (Phi) is 3.26. The highest BCUT2D eigenvalue weighted by molar-refractivity contribution is 5.90. The van der Waals surface area contributed by atoms with E-state index in [1.165, 1.54) is 16.5 Å². The minimum absolute atomic E-state index is 0.377. The number of aromatic nitrogens is 1. The summed E-state index contributed by atoms with van der Waals surface area (Å²) in [5, 5.41) is 10.5. The fraction of sp³-hybridized carbons (Fsp3) is 0.167. The standard InChI is InChI=1S/C18H17NO2/c1-12-14-8-5-6-10-16(14)19(2)17(12)11-13-7-3-4-9-15(13)18(20)21/h3-10H,11H2,1-2H3,(H,20,21). The Balaban J connectivity index is 2.13. The van der Waals surface area contributed by atoms with Crippen LogP contribution in [-0.2, 0) is 13.5 Å². The van der Waals surface area contributed by atoms with Crippen LogP contribution >= 0.6 is 0 Å². The minimum atomic E-state index is -0.873. The van der Waals surface area contributed by atoms with Crippen molar-refractivity contribution in [3.05, 3.63) is 70.9 Å². The van der Waals surface area contributed by atoms with Gasteiger partial charge in [0.2, 0.25) is 0 Å². The Morgan fingerprint density at radius 3 is 2.48 bits per heavy atom. The molecular formula is C18H17NO2. The number of aryl methyl sites for hydroxylation is 2. The maximum absolute atomic E-state index is 11.3. The average molecular weight is 279 g/mol. The monoisotopic (exact) mass is 279 g/mol. The van der Waals surface area contributed by atoms with Crippen LogP contribution in [0, 0.1) is 6.92 Å². The third-order valence-electron chi connectivity index (χ3n) is 4.11. The first kappa shape index (κ1) is 13.4. The summed E-state index contributed by atoms with van der Waals surface area (Å²) in [6.07, 6.45) is 0.624. The topological polar surface area (TPSA) is 42.2 Å². The van der Waals surface area contributed by atoms with E-state index in [0.717, 1.165) is 11.3 Å². The molecule has 3 heteroatoms. The minimum Gasteiger partial charge on any atom is -0.478 e. The molecule has 106 valence electrons. The summed E-state index contributed by atoms with van der Waals surface area (Å²) in [4.78, 5) is 11.3. The molecule has 0 fully saturated rings. The molecule has 0 bridgehead atoms. The second-order valence-corrected chi connectivity index (χ2v) is 5.29. The molecule has 0 saturated carbocycles. The van der Waals surface area contributed by atoms with Crippen molar-refractivity contribution in [2.45, 2.75) is 13.3 Å². The lowest BCUT2D eigenvalue weighted by Gasteiger charge is -2.09. The number of aromatic carboxylic acids is 1. The molecule has 1 aromatic heterocycles. The number of carboxylic acids is 1. The predicted molar refractivity (Wildman–Crippen MR) is 83.9 cm³/mol. The number of carboxylic acid groups (broad SMARTS) is 1. The maximum Gasteiger partial charge on any atom is 0.335 e. The van der Waals surface area contributed by atoms with E-state index >= 15 is 0 Å². The Labute approximate surface area is 123 Å². The first-order chi connectivity index (χ1) is 10.1. The second kappa shape index (κ2) is 5.09. The molecule has 21 heavy (non-hydrogen) atoms. The van der Waals surface area contributed by atoms with Gasteiger partial charge in [-0.2, -0.15) is 0 Å². The van der Waals surface area contributed by atoms with Gasteiger partial charge in [-0.3, -0.25) is 0 Å². The second-order valence-electron chi connectivity index (χ2n) is 5.29. The highest BCUT2D eigenvalue weighted by atomic mass is 16.4. The number of carbonyl (C=O) groups is 1. The molecule has 1 heterocycles. The normalized spacial score (nSPS) is 11.0. The predicted octanol–water partition coefficient (Wildman–Crippen LogP) is 3.78. The van der Waals surface area contributed by atoms with Crippen molar-refractivity contribution in [3.8, 4) is 0 Å². The van der Waals surface area contributed by atoms with E-state index in [0.29, 0.717) is 12.0 Å². The molecular weight excluding hydrogens is 262 g/mol. The first-order valence-electron chi connectivity index (χ1n) is 6.93. The van der Waals surface area contributed by atoms with Gasteiger partial charge in [-0.25, -0.2) is 4.79 Å². The van der Waals surface area contributed by atoms with Crippen molar-refractivity contribution in [2.75, 3.05) is 0 Å². The number of hydrogen-bond acceptors (Lipinski definition) is 1. The van der Waals surface area contributed by atoms with Crippen molar-refractivity contribution in [3.63, 3.8) is 0 Å². The van der Waals surface area contributed by atoms with Crippen LogP contribution in [0.2, 0.25) is 0 Å². The van der Waals surface area contributed by atoms with Crippen molar-refractivity contribution in [1.29, 1.82) is 0 Å². The van der Waals surface area contributed by atoms with Gasteiger partial charge in [0.15, 0.2) is 0 Å². The van der Waals surface area contributed by atoms with E-state index in [-0.39, 0.29) is 0 Å². The molecule has 2 aromatic carbocycles. The lowest BCUT2D eigenvalue weighted by atomic mass is 10.0. The summed E-state index contributed by atoms with van der Waals surface area (Å²) < 4.78 is 2.16. The van der Waals surface area contributed by atoms with Crippen molar-refractivity contribution < 1.29 is 9.90 Å². The molecule has 0 radical (unpaired) electrons. The summed E-state index contributed by atoms with van der Waals surface area (Å²) in [7, 11) is 2.04. The van der Waals surface area contributed by atoms with E-state index in [2.05, 4.69) is 23.6 Å². The number of para-hydroxylation sites is 1. The van der Waals surface area contributed by atoms with Crippen LogP contribution in [0.25, 0.3) is 10.9 Å². The van der Waals surface area contributed by atoms with Gasteiger partial charge in [0, 0.05) is 30.1 Å². The van der Waals surface area contributed by atoms with Gasteiger partial charge in [-0.15, -0.1) is 0 Å². The van der Waals surface area contributed by atoms with Crippen molar-refractivity contribution in [1.82, 2.24) is 4.57 Å². The van der Waals surface area contributed by atoms with E-state index in [9.17, 15) is 9.90 Å². The zero-order valence-electron chi connectivity index (χ0n) is 12.1. The molecule has 1 N–H and O–H groups in total.